The van der Waals surface area contributed by atoms with Crippen LogP contribution in [0.5, 0.6) is 0 Å². The van der Waals surface area contributed by atoms with Crippen LogP contribution in [-0.4, -0.2) is 41.4 Å². The summed E-state index contributed by atoms with van der Waals surface area (Å²) in [7, 11) is 3.27. The van der Waals surface area contributed by atoms with Gasteiger partial charge in [-0.25, -0.2) is 4.39 Å². The van der Waals surface area contributed by atoms with Crippen LogP contribution in [0.3, 0.4) is 0 Å². The zero-order valence-electron chi connectivity index (χ0n) is 15.3. The smallest absolute Gasteiger partial charge is 0.191 e. The molecule has 9 heteroatoms. The average Bonchev–Trinajstić information content (AvgIpc) is 3.08. The molecule has 0 aliphatic carbocycles. The van der Waals surface area contributed by atoms with Crippen molar-refractivity contribution in [1.82, 2.24) is 25.4 Å². The molecule has 1 aromatic carbocycles. The number of hydrogen-bond acceptors (Lipinski definition) is 4. The third-order valence-corrected chi connectivity index (χ3v) is 3.75. The van der Waals surface area contributed by atoms with E-state index >= 15 is 0 Å². The van der Waals surface area contributed by atoms with Crippen molar-refractivity contribution < 1.29 is 9.13 Å². The Morgan fingerprint density at radius 2 is 2.15 bits per heavy atom. The van der Waals surface area contributed by atoms with E-state index in [1.807, 2.05) is 4.57 Å². The lowest BCUT2D eigenvalue weighted by Gasteiger charge is -2.13. The van der Waals surface area contributed by atoms with Crippen molar-refractivity contribution in [2.75, 3.05) is 20.7 Å². The average molecular weight is 476 g/mol. The molecule has 26 heavy (non-hydrogen) atoms. The van der Waals surface area contributed by atoms with E-state index in [1.54, 1.807) is 32.6 Å². The van der Waals surface area contributed by atoms with E-state index in [4.69, 9.17) is 4.74 Å². The topological polar surface area (TPSA) is 76.4 Å². The first kappa shape index (κ1) is 22.3. The zero-order chi connectivity index (χ0) is 18.1. The molecule has 144 valence electrons. The second-order valence-electron chi connectivity index (χ2n) is 5.51. The highest BCUT2D eigenvalue weighted by atomic mass is 127. The second-order valence-corrected chi connectivity index (χ2v) is 5.51. The maximum atomic E-state index is 13.6. The third-order valence-electron chi connectivity index (χ3n) is 3.75. The number of hydrogen-bond donors (Lipinski definition) is 2. The first-order chi connectivity index (χ1) is 12.2. The highest BCUT2D eigenvalue weighted by molar-refractivity contribution is 14.0. The molecule has 2 aromatic rings. The predicted molar refractivity (Wildman–Crippen MR) is 110 cm³/mol. The van der Waals surface area contributed by atoms with Crippen LogP contribution in [0.2, 0.25) is 0 Å². The molecular weight excluding hydrogens is 450 g/mol. The first-order valence-corrected chi connectivity index (χ1v) is 8.25. The lowest BCUT2D eigenvalue weighted by Crippen LogP contribution is -2.38. The van der Waals surface area contributed by atoms with E-state index in [-0.39, 0.29) is 36.4 Å². The summed E-state index contributed by atoms with van der Waals surface area (Å²) in [5, 5.41) is 14.4. The number of aromatic nitrogens is 3. The summed E-state index contributed by atoms with van der Waals surface area (Å²) < 4.78 is 20.7. The fraction of sp³-hybridized carbons (Fsp3) is 0.471. The number of halogens is 2. The van der Waals surface area contributed by atoms with Crippen LogP contribution in [0.25, 0.3) is 0 Å². The highest BCUT2D eigenvalue weighted by Crippen LogP contribution is 2.11. The lowest BCUT2D eigenvalue weighted by atomic mass is 10.1. The fourth-order valence-corrected chi connectivity index (χ4v) is 2.44. The number of aryl methyl sites for hydroxylation is 1. The van der Waals surface area contributed by atoms with Crippen molar-refractivity contribution in [2.24, 2.45) is 4.99 Å². The van der Waals surface area contributed by atoms with Crippen LogP contribution >= 0.6 is 24.0 Å². The van der Waals surface area contributed by atoms with Crippen molar-refractivity contribution in [1.29, 1.82) is 0 Å². The largest absolute Gasteiger partial charge is 0.380 e. The molecule has 2 N–H and O–H groups in total. The first-order valence-electron chi connectivity index (χ1n) is 8.25. The summed E-state index contributed by atoms with van der Waals surface area (Å²) in [6.45, 7) is 4.30. The Kier molecular flexibility index (Phi) is 10.1. The summed E-state index contributed by atoms with van der Waals surface area (Å²) in [5.41, 5.74) is 1.51. The van der Waals surface area contributed by atoms with Gasteiger partial charge in [0.15, 0.2) is 5.96 Å². The minimum absolute atomic E-state index is 0. The van der Waals surface area contributed by atoms with Crippen molar-refractivity contribution in [2.45, 2.75) is 33.0 Å². The molecule has 7 nitrogen and oxygen atoms in total. The van der Waals surface area contributed by atoms with Crippen LogP contribution in [-0.2, 0) is 30.9 Å². The van der Waals surface area contributed by atoms with Crippen molar-refractivity contribution in [3.8, 4) is 0 Å². The summed E-state index contributed by atoms with van der Waals surface area (Å²) in [4.78, 5) is 4.20. The number of benzene rings is 1. The summed E-state index contributed by atoms with van der Waals surface area (Å²) in [6.07, 6.45) is 2.58. The van der Waals surface area contributed by atoms with Gasteiger partial charge in [0.1, 0.15) is 18.0 Å². The normalized spacial score (nSPS) is 11.2. The quantitative estimate of drug-likeness (QED) is 0.347. The van der Waals surface area contributed by atoms with E-state index in [2.05, 4.69) is 32.7 Å². The molecule has 0 amide bonds. The SMILES string of the molecule is CCc1nncn1CCNC(=NC)NCc1ccc(F)c(COC)c1.I. The monoisotopic (exact) mass is 476 g/mol. The van der Waals surface area contributed by atoms with Crippen LogP contribution in [0.15, 0.2) is 29.5 Å². The molecule has 1 aromatic heterocycles. The molecule has 0 atom stereocenters. The Morgan fingerprint density at radius 3 is 2.85 bits per heavy atom. The predicted octanol–water partition coefficient (Wildman–Crippen LogP) is 2.11. The van der Waals surface area contributed by atoms with E-state index < -0.39 is 0 Å². The molecule has 0 saturated heterocycles. The van der Waals surface area contributed by atoms with Gasteiger partial charge in [-0.1, -0.05) is 13.0 Å². The number of guanidine groups is 1. The highest BCUT2D eigenvalue weighted by Gasteiger charge is 2.05. The van der Waals surface area contributed by atoms with Gasteiger partial charge in [-0.3, -0.25) is 4.99 Å². The molecule has 0 spiro atoms. The molecule has 0 fully saturated rings. The number of nitrogens with zero attached hydrogens (tertiary/aromatic N) is 4. The number of methoxy groups -OCH3 is 1. The van der Waals surface area contributed by atoms with Crippen molar-refractivity contribution in [3.63, 3.8) is 0 Å². The van der Waals surface area contributed by atoms with Gasteiger partial charge in [0.25, 0.3) is 0 Å². The standard InChI is InChI=1S/C17H25FN6O.HI/c1-4-16-23-22-12-24(16)8-7-20-17(19-2)21-10-13-5-6-15(18)14(9-13)11-25-3;/h5-6,9,12H,4,7-8,10-11H2,1-3H3,(H2,19,20,21);1H. The minimum Gasteiger partial charge on any atom is -0.380 e. The maximum absolute atomic E-state index is 13.6. The van der Waals surface area contributed by atoms with Gasteiger partial charge in [0.05, 0.1) is 6.61 Å². The van der Waals surface area contributed by atoms with Crippen molar-refractivity contribution in [3.05, 3.63) is 47.3 Å². The van der Waals surface area contributed by atoms with Crippen LogP contribution in [0, 0.1) is 5.82 Å². The Labute approximate surface area is 170 Å². The van der Waals surface area contributed by atoms with Gasteiger partial charge in [-0.05, 0) is 17.7 Å². The van der Waals surface area contributed by atoms with Crippen LogP contribution in [0.1, 0.15) is 23.9 Å². The van der Waals surface area contributed by atoms with E-state index in [0.29, 0.717) is 24.6 Å². The van der Waals surface area contributed by atoms with Gasteiger partial charge < -0.3 is 19.9 Å². The molecule has 0 saturated carbocycles. The Hall–Kier alpha value is -1.75. The molecule has 0 bridgehead atoms. The second kappa shape index (κ2) is 11.8. The Bertz CT molecular complexity index is 706. The summed E-state index contributed by atoms with van der Waals surface area (Å²) in [6, 6.07) is 5.00. The van der Waals surface area contributed by atoms with Gasteiger partial charge in [0, 0.05) is 45.8 Å². The van der Waals surface area contributed by atoms with Crippen LogP contribution < -0.4 is 10.6 Å². The van der Waals surface area contributed by atoms with Crippen molar-refractivity contribution >= 4 is 29.9 Å². The van der Waals surface area contributed by atoms with Crippen LogP contribution in [0.4, 0.5) is 4.39 Å². The van der Waals surface area contributed by atoms with E-state index in [9.17, 15) is 4.39 Å². The molecule has 0 radical (unpaired) electrons. The molecular formula is C17H26FIN6O. The van der Waals surface area contributed by atoms with E-state index in [1.165, 1.54) is 6.07 Å². The zero-order valence-corrected chi connectivity index (χ0v) is 17.7. The number of ether oxygens (including phenoxy) is 1. The molecule has 1 heterocycles. The molecule has 0 aliphatic rings. The Morgan fingerprint density at radius 1 is 1.35 bits per heavy atom. The fourth-order valence-electron chi connectivity index (χ4n) is 2.44. The molecule has 2 rings (SSSR count). The van der Waals surface area contributed by atoms with Gasteiger partial charge in [-0.2, -0.15) is 0 Å². The van der Waals surface area contributed by atoms with Gasteiger partial charge in [0.2, 0.25) is 0 Å². The van der Waals surface area contributed by atoms with E-state index in [0.717, 1.165) is 24.4 Å². The molecule has 0 unspecified atom stereocenters. The number of aliphatic imine (C=N–C) groups is 1. The summed E-state index contributed by atoms with van der Waals surface area (Å²) >= 11 is 0. The molecule has 0 aliphatic heterocycles. The number of rotatable bonds is 8. The van der Waals surface area contributed by atoms with Gasteiger partial charge in [-0.15, -0.1) is 34.2 Å². The summed E-state index contributed by atoms with van der Waals surface area (Å²) in [5.74, 6) is 1.39. The maximum Gasteiger partial charge on any atom is 0.191 e. The minimum atomic E-state index is -0.256. The lowest BCUT2D eigenvalue weighted by molar-refractivity contribution is 0.181. The van der Waals surface area contributed by atoms with Gasteiger partial charge >= 0.3 is 0 Å². The third kappa shape index (κ3) is 6.52. The number of nitrogens with one attached hydrogen (secondary N) is 2. The Balaban J connectivity index is 0.00000338.